The average molecular weight is 405 g/mol. The quantitative estimate of drug-likeness (QED) is 0.596. The highest BCUT2D eigenvalue weighted by Gasteiger charge is 2.25. The molecule has 0 aliphatic carbocycles. The summed E-state index contributed by atoms with van der Waals surface area (Å²) in [5.74, 6) is 0.782. The molecule has 0 fully saturated rings. The maximum atomic E-state index is 13.3. The first kappa shape index (κ1) is 19.7. The van der Waals surface area contributed by atoms with Crippen LogP contribution in [-0.4, -0.2) is 54.6 Å². The zero-order chi connectivity index (χ0) is 19.6. The highest BCUT2D eigenvalue weighted by atomic mass is 32.1. The van der Waals surface area contributed by atoms with Crippen molar-refractivity contribution >= 4 is 43.9 Å². The fourth-order valence-corrected chi connectivity index (χ4v) is 4.59. The summed E-state index contributed by atoms with van der Waals surface area (Å²) < 4.78 is 6.59. The lowest BCUT2D eigenvalue weighted by atomic mass is 10.3. The van der Waals surface area contributed by atoms with E-state index in [9.17, 15) is 4.79 Å². The molecule has 3 aromatic rings. The van der Waals surface area contributed by atoms with Crippen LogP contribution in [0.4, 0.5) is 5.13 Å². The van der Waals surface area contributed by atoms with Crippen molar-refractivity contribution in [3.63, 3.8) is 0 Å². The number of fused-ring (bicyclic) bond motifs is 1. The second kappa shape index (κ2) is 8.33. The summed E-state index contributed by atoms with van der Waals surface area (Å²) in [7, 11) is 3.99. The van der Waals surface area contributed by atoms with Crippen LogP contribution in [0.25, 0.3) is 10.2 Å². The van der Waals surface area contributed by atoms with Gasteiger partial charge in [-0.15, -0.1) is 11.3 Å². The molecule has 1 aromatic carbocycles. The molecule has 2 aromatic heterocycles. The summed E-state index contributed by atoms with van der Waals surface area (Å²) in [6.45, 7) is 7.71. The van der Waals surface area contributed by atoms with Gasteiger partial charge in [-0.1, -0.05) is 11.3 Å². The number of aromatic nitrogens is 2. The van der Waals surface area contributed by atoms with Crippen molar-refractivity contribution in [2.75, 3.05) is 38.7 Å². The molecule has 0 unspecified atom stereocenters. The summed E-state index contributed by atoms with van der Waals surface area (Å²) in [5.41, 5.74) is 1.65. The molecule has 6 nitrogen and oxygen atoms in total. The van der Waals surface area contributed by atoms with Gasteiger partial charge in [0.25, 0.3) is 5.91 Å². The summed E-state index contributed by atoms with van der Waals surface area (Å²) in [6.07, 6.45) is 0. The molecule has 0 N–H and O–H groups in total. The largest absolute Gasteiger partial charge is 0.494 e. The van der Waals surface area contributed by atoms with Crippen molar-refractivity contribution in [2.45, 2.75) is 20.8 Å². The zero-order valence-electron chi connectivity index (χ0n) is 16.3. The van der Waals surface area contributed by atoms with Crippen LogP contribution in [0.5, 0.6) is 5.75 Å². The van der Waals surface area contributed by atoms with Crippen LogP contribution in [0, 0.1) is 13.8 Å². The standard InChI is InChI=1S/C19H24N4O2S2/c1-6-25-14-7-8-15-16(11-14)27-19(21-15)23(10-9-22(4)5)18(24)17-12(2)20-13(3)26-17/h7-8,11H,6,9-10H2,1-5H3. The van der Waals surface area contributed by atoms with Gasteiger partial charge in [-0.05, 0) is 53.1 Å². The number of hydrogen-bond acceptors (Lipinski definition) is 7. The molecule has 0 spiro atoms. The van der Waals surface area contributed by atoms with Gasteiger partial charge in [0, 0.05) is 13.1 Å². The number of benzene rings is 1. The highest BCUT2D eigenvalue weighted by molar-refractivity contribution is 7.22. The number of thiazole rings is 2. The van der Waals surface area contributed by atoms with Crippen molar-refractivity contribution in [3.05, 3.63) is 33.8 Å². The summed E-state index contributed by atoms with van der Waals surface area (Å²) in [6, 6.07) is 5.84. The van der Waals surface area contributed by atoms with E-state index in [0.717, 1.165) is 33.2 Å². The van der Waals surface area contributed by atoms with Crippen LogP contribution in [0.2, 0.25) is 0 Å². The van der Waals surface area contributed by atoms with E-state index in [1.54, 1.807) is 4.90 Å². The molecule has 8 heteroatoms. The molecular weight excluding hydrogens is 380 g/mol. The Morgan fingerprint density at radius 3 is 2.56 bits per heavy atom. The van der Waals surface area contributed by atoms with Gasteiger partial charge in [0.1, 0.15) is 10.6 Å². The molecule has 1 amide bonds. The maximum absolute atomic E-state index is 13.3. The molecule has 0 radical (unpaired) electrons. The SMILES string of the molecule is CCOc1ccc2nc(N(CCN(C)C)C(=O)c3sc(C)nc3C)sc2c1. The van der Waals surface area contributed by atoms with Crippen LogP contribution in [0.1, 0.15) is 27.3 Å². The number of ether oxygens (including phenoxy) is 1. The minimum Gasteiger partial charge on any atom is -0.494 e. The molecule has 0 saturated heterocycles. The average Bonchev–Trinajstić information content (AvgIpc) is 3.17. The Kier molecular flexibility index (Phi) is 6.08. The van der Waals surface area contributed by atoms with E-state index >= 15 is 0 Å². The van der Waals surface area contributed by atoms with Gasteiger partial charge in [0.05, 0.1) is 27.5 Å². The molecule has 0 bridgehead atoms. The topological polar surface area (TPSA) is 58.6 Å². The fourth-order valence-electron chi connectivity index (χ4n) is 2.70. The van der Waals surface area contributed by atoms with E-state index in [-0.39, 0.29) is 5.91 Å². The molecule has 2 heterocycles. The molecule has 0 saturated carbocycles. The van der Waals surface area contributed by atoms with Gasteiger partial charge in [-0.25, -0.2) is 9.97 Å². The number of amides is 1. The van der Waals surface area contributed by atoms with Gasteiger partial charge < -0.3 is 9.64 Å². The lowest BCUT2D eigenvalue weighted by molar-refractivity contribution is 0.0988. The number of rotatable bonds is 7. The van der Waals surface area contributed by atoms with Crippen LogP contribution in [0.3, 0.4) is 0 Å². The van der Waals surface area contributed by atoms with Crippen molar-refractivity contribution in [1.29, 1.82) is 0 Å². The summed E-state index contributed by atoms with van der Waals surface area (Å²) in [4.78, 5) is 26.9. The Balaban J connectivity index is 1.98. The number of hydrogen-bond donors (Lipinski definition) is 0. The third kappa shape index (κ3) is 4.45. The van der Waals surface area contributed by atoms with E-state index in [1.807, 2.05) is 53.1 Å². The Morgan fingerprint density at radius 1 is 1.15 bits per heavy atom. The molecular formula is C19H24N4O2S2. The van der Waals surface area contributed by atoms with E-state index in [1.165, 1.54) is 22.7 Å². The van der Waals surface area contributed by atoms with Gasteiger partial charge in [-0.2, -0.15) is 0 Å². The van der Waals surface area contributed by atoms with Gasteiger partial charge in [0.15, 0.2) is 5.13 Å². The first-order valence-electron chi connectivity index (χ1n) is 8.83. The number of nitrogens with zero attached hydrogens (tertiary/aromatic N) is 4. The summed E-state index contributed by atoms with van der Waals surface area (Å²) in [5, 5.41) is 1.60. The van der Waals surface area contributed by atoms with Crippen LogP contribution < -0.4 is 9.64 Å². The molecule has 3 rings (SSSR count). The lowest BCUT2D eigenvalue weighted by Gasteiger charge is -2.21. The third-order valence-corrected chi connectivity index (χ3v) is 6.11. The predicted molar refractivity (Wildman–Crippen MR) is 113 cm³/mol. The van der Waals surface area contributed by atoms with Crippen LogP contribution >= 0.6 is 22.7 Å². The first-order chi connectivity index (χ1) is 12.9. The predicted octanol–water partition coefficient (Wildman–Crippen LogP) is 3.98. The third-order valence-electron chi connectivity index (χ3n) is 4.00. The van der Waals surface area contributed by atoms with E-state index in [0.29, 0.717) is 23.2 Å². The Morgan fingerprint density at radius 2 is 1.93 bits per heavy atom. The summed E-state index contributed by atoms with van der Waals surface area (Å²) >= 11 is 2.95. The second-order valence-electron chi connectivity index (χ2n) is 6.47. The van der Waals surface area contributed by atoms with Crippen LogP contribution in [0.15, 0.2) is 18.2 Å². The minimum atomic E-state index is -0.0379. The van der Waals surface area contributed by atoms with E-state index in [4.69, 9.17) is 9.72 Å². The monoisotopic (exact) mass is 404 g/mol. The minimum absolute atomic E-state index is 0.0379. The van der Waals surface area contributed by atoms with Crippen molar-refractivity contribution < 1.29 is 9.53 Å². The van der Waals surface area contributed by atoms with E-state index in [2.05, 4.69) is 9.88 Å². The van der Waals surface area contributed by atoms with Crippen LogP contribution in [-0.2, 0) is 0 Å². The molecule has 0 aliphatic heterocycles. The van der Waals surface area contributed by atoms with Gasteiger partial charge in [0.2, 0.25) is 0 Å². The second-order valence-corrected chi connectivity index (χ2v) is 8.68. The molecule has 144 valence electrons. The van der Waals surface area contributed by atoms with E-state index < -0.39 is 0 Å². The van der Waals surface area contributed by atoms with Crippen molar-refractivity contribution in [2.24, 2.45) is 0 Å². The maximum Gasteiger partial charge on any atom is 0.272 e. The fraction of sp³-hybridized carbons (Fsp3) is 0.421. The van der Waals surface area contributed by atoms with Gasteiger partial charge in [-0.3, -0.25) is 9.69 Å². The molecule has 0 atom stereocenters. The highest BCUT2D eigenvalue weighted by Crippen LogP contribution is 2.33. The zero-order valence-corrected chi connectivity index (χ0v) is 17.9. The smallest absolute Gasteiger partial charge is 0.272 e. The molecule has 0 aliphatic rings. The number of aryl methyl sites for hydroxylation is 2. The number of anilines is 1. The number of carbonyl (C=O) groups excluding carboxylic acids is 1. The molecule has 27 heavy (non-hydrogen) atoms. The number of likely N-dealkylation sites (N-methyl/N-ethyl adjacent to an activating group) is 1. The van der Waals surface area contributed by atoms with Gasteiger partial charge >= 0.3 is 0 Å². The first-order valence-corrected chi connectivity index (χ1v) is 10.5. The number of carbonyl (C=O) groups is 1. The Hall–Kier alpha value is -2.03. The normalized spacial score (nSPS) is 11.3. The van der Waals surface area contributed by atoms with Crippen molar-refractivity contribution in [3.8, 4) is 5.75 Å². The Labute approximate surface area is 167 Å². The lowest BCUT2D eigenvalue weighted by Crippen LogP contribution is -2.36. The van der Waals surface area contributed by atoms with Crippen molar-refractivity contribution in [1.82, 2.24) is 14.9 Å². The Bertz CT molecular complexity index is 948.